The minimum atomic E-state index is 0.242. The number of hydrogen-bond acceptors (Lipinski definition) is 3. The Labute approximate surface area is 115 Å². The molecule has 1 aromatic heterocycles. The van der Waals surface area contributed by atoms with Crippen LogP contribution in [0.25, 0.3) is 0 Å². The van der Waals surface area contributed by atoms with Gasteiger partial charge in [-0.25, -0.2) is 0 Å². The van der Waals surface area contributed by atoms with Gasteiger partial charge in [0, 0.05) is 36.1 Å². The van der Waals surface area contributed by atoms with Crippen molar-refractivity contribution in [2.45, 2.75) is 52.7 Å². The molecule has 2 nitrogen and oxygen atoms in total. The highest BCUT2D eigenvalue weighted by Crippen LogP contribution is 2.29. The van der Waals surface area contributed by atoms with Crippen molar-refractivity contribution in [3.05, 3.63) is 22.4 Å². The maximum absolute atomic E-state index is 3.72. The van der Waals surface area contributed by atoms with Gasteiger partial charge in [0.2, 0.25) is 0 Å². The highest BCUT2D eigenvalue weighted by Gasteiger charge is 2.38. The lowest BCUT2D eigenvalue weighted by Crippen LogP contribution is -2.64. The van der Waals surface area contributed by atoms with E-state index in [4.69, 9.17) is 0 Å². The van der Waals surface area contributed by atoms with E-state index in [1.54, 1.807) is 0 Å². The van der Waals surface area contributed by atoms with Gasteiger partial charge < -0.3 is 5.32 Å². The molecule has 3 heteroatoms. The molecule has 0 saturated carbocycles. The van der Waals surface area contributed by atoms with Crippen molar-refractivity contribution >= 4 is 11.3 Å². The van der Waals surface area contributed by atoms with Gasteiger partial charge in [-0.3, -0.25) is 4.90 Å². The van der Waals surface area contributed by atoms with Crippen molar-refractivity contribution in [2.75, 3.05) is 13.1 Å². The predicted octanol–water partition coefficient (Wildman–Crippen LogP) is 3.35. The van der Waals surface area contributed by atoms with Crippen LogP contribution in [0.4, 0.5) is 0 Å². The standard InChI is InChI=1S/C15H26N2S/c1-14(2,3)13-10-17(15(4,5)11-16-13)9-12-7-6-8-18-12/h6-8,13,16H,9-11H2,1-5H3. The molecule has 0 radical (unpaired) electrons. The van der Waals surface area contributed by atoms with Gasteiger partial charge in [0.1, 0.15) is 0 Å². The van der Waals surface area contributed by atoms with Crippen LogP contribution in [0.1, 0.15) is 39.5 Å². The number of nitrogens with zero attached hydrogens (tertiary/aromatic N) is 1. The molecule has 18 heavy (non-hydrogen) atoms. The lowest BCUT2D eigenvalue weighted by Gasteiger charge is -2.49. The molecule has 2 rings (SSSR count). The first-order valence-electron chi connectivity index (χ1n) is 6.80. The third-order valence-corrected chi connectivity index (χ3v) is 4.87. The van der Waals surface area contributed by atoms with Crippen LogP contribution in [0.5, 0.6) is 0 Å². The first kappa shape index (κ1) is 14.0. The quantitative estimate of drug-likeness (QED) is 0.883. The van der Waals surface area contributed by atoms with E-state index in [0.717, 1.165) is 19.6 Å². The smallest absolute Gasteiger partial charge is 0.0334 e. The average Bonchev–Trinajstić information content (AvgIpc) is 2.72. The van der Waals surface area contributed by atoms with E-state index in [9.17, 15) is 0 Å². The first-order chi connectivity index (χ1) is 8.29. The molecule has 102 valence electrons. The van der Waals surface area contributed by atoms with Crippen molar-refractivity contribution in [2.24, 2.45) is 5.41 Å². The van der Waals surface area contributed by atoms with Crippen LogP contribution in [0.3, 0.4) is 0 Å². The Morgan fingerprint density at radius 3 is 2.72 bits per heavy atom. The Balaban J connectivity index is 2.09. The monoisotopic (exact) mass is 266 g/mol. The van der Waals surface area contributed by atoms with Crippen LogP contribution in [0.15, 0.2) is 17.5 Å². The highest BCUT2D eigenvalue weighted by atomic mass is 32.1. The zero-order valence-electron chi connectivity index (χ0n) is 12.3. The summed E-state index contributed by atoms with van der Waals surface area (Å²) in [6.07, 6.45) is 0. The van der Waals surface area contributed by atoms with Gasteiger partial charge >= 0.3 is 0 Å². The normalized spacial score (nSPS) is 25.3. The Hall–Kier alpha value is -0.380. The van der Waals surface area contributed by atoms with Crippen molar-refractivity contribution in [3.8, 4) is 0 Å². The summed E-state index contributed by atoms with van der Waals surface area (Å²) in [5.41, 5.74) is 0.565. The van der Waals surface area contributed by atoms with E-state index in [2.05, 4.69) is 62.3 Å². The molecule has 1 saturated heterocycles. The highest BCUT2D eigenvalue weighted by molar-refractivity contribution is 7.09. The first-order valence-corrected chi connectivity index (χ1v) is 7.68. The summed E-state index contributed by atoms with van der Waals surface area (Å²) in [5.74, 6) is 0. The molecule has 1 atom stereocenters. The van der Waals surface area contributed by atoms with Gasteiger partial charge in [0.25, 0.3) is 0 Å². The summed E-state index contributed by atoms with van der Waals surface area (Å²) in [4.78, 5) is 4.10. The summed E-state index contributed by atoms with van der Waals surface area (Å²) < 4.78 is 0. The minimum absolute atomic E-state index is 0.242. The molecule has 0 bridgehead atoms. The topological polar surface area (TPSA) is 15.3 Å². The summed E-state index contributed by atoms with van der Waals surface area (Å²) in [5, 5.41) is 5.89. The van der Waals surface area contributed by atoms with Crippen LogP contribution in [-0.2, 0) is 6.54 Å². The average molecular weight is 266 g/mol. The maximum atomic E-state index is 3.72. The third kappa shape index (κ3) is 3.14. The number of thiophene rings is 1. The van der Waals surface area contributed by atoms with Gasteiger partial charge in [-0.1, -0.05) is 26.8 Å². The van der Waals surface area contributed by atoms with Crippen LogP contribution in [0, 0.1) is 5.41 Å². The van der Waals surface area contributed by atoms with Gasteiger partial charge in [-0.15, -0.1) is 11.3 Å². The molecule has 0 spiro atoms. The molecule has 1 aliphatic heterocycles. The van der Waals surface area contributed by atoms with Gasteiger partial charge in [-0.2, -0.15) is 0 Å². The van der Waals surface area contributed by atoms with E-state index in [1.165, 1.54) is 4.88 Å². The molecule has 1 unspecified atom stereocenters. The van der Waals surface area contributed by atoms with Crippen LogP contribution in [-0.4, -0.2) is 29.6 Å². The second kappa shape index (κ2) is 4.95. The van der Waals surface area contributed by atoms with Gasteiger partial charge in [0.15, 0.2) is 0 Å². The molecule has 1 fully saturated rings. The van der Waals surface area contributed by atoms with Crippen molar-refractivity contribution in [1.29, 1.82) is 0 Å². The second-order valence-corrected chi connectivity index (χ2v) is 8.10. The van der Waals surface area contributed by atoms with Crippen molar-refractivity contribution < 1.29 is 0 Å². The van der Waals surface area contributed by atoms with Crippen molar-refractivity contribution in [1.82, 2.24) is 10.2 Å². The zero-order chi connectivity index (χ0) is 13.4. The fourth-order valence-electron chi connectivity index (χ4n) is 2.47. The molecular formula is C15H26N2S. The van der Waals surface area contributed by atoms with Crippen LogP contribution >= 0.6 is 11.3 Å². The predicted molar refractivity (Wildman–Crippen MR) is 80.1 cm³/mol. The Bertz CT molecular complexity index is 376. The lowest BCUT2D eigenvalue weighted by molar-refractivity contribution is 0.0303. The summed E-state index contributed by atoms with van der Waals surface area (Å²) >= 11 is 1.86. The molecule has 2 heterocycles. The van der Waals surface area contributed by atoms with E-state index in [0.29, 0.717) is 11.5 Å². The molecule has 0 aliphatic carbocycles. The largest absolute Gasteiger partial charge is 0.310 e. The summed E-state index contributed by atoms with van der Waals surface area (Å²) in [6.45, 7) is 14.9. The van der Waals surface area contributed by atoms with E-state index in [1.807, 2.05) is 11.3 Å². The Morgan fingerprint density at radius 2 is 2.17 bits per heavy atom. The van der Waals surface area contributed by atoms with Gasteiger partial charge in [-0.05, 0) is 30.7 Å². The van der Waals surface area contributed by atoms with E-state index < -0.39 is 0 Å². The second-order valence-electron chi connectivity index (χ2n) is 7.07. The van der Waals surface area contributed by atoms with Gasteiger partial charge in [0.05, 0.1) is 0 Å². The molecule has 0 amide bonds. The fraction of sp³-hybridized carbons (Fsp3) is 0.733. The number of nitrogens with one attached hydrogen (secondary N) is 1. The lowest BCUT2D eigenvalue weighted by atomic mass is 9.83. The minimum Gasteiger partial charge on any atom is -0.310 e. The molecule has 1 N–H and O–H groups in total. The fourth-order valence-corrected chi connectivity index (χ4v) is 3.19. The Kier molecular flexibility index (Phi) is 3.86. The number of rotatable bonds is 2. The molecule has 0 aromatic carbocycles. The maximum Gasteiger partial charge on any atom is 0.0334 e. The van der Waals surface area contributed by atoms with Crippen molar-refractivity contribution in [3.63, 3.8) is 0 Å². The zero-order valence-corrected chi connectivity index (χ0v) is 13.1. The summed E-state index contributed by atoms with van der Waals surface area (Å²) in [6, 6.07) is 4.97. The molecular weight excluding hydrogens is 240 g/mol. The summed E-state index contributed by atoms with van der Waals surface area (Å²) in [7, 11) is 0. The van der Waals surface area contributed by atoms with Crippen LogP contribution < -0.4 is 5.32 Å². The van der Waals surface area contributed by atoms with Crippen LogP contribution in [0.2, 0.25) is 0 Å². The SMILES string of the molecule is CC(C)(C)C1CN(Cc2cccs2)C(C)(C)CN1. The number of piperazine rings is 1. The third-order valence-electron chi connectivity index (χ3n) is 4.01. The van der Waals surface area contributed by atoms with E-state index in [-0.39, 0.29) is 5.54 Å². The molecule has 1 aliphatic rings. The van der Waals surface area contributed by atoms with E-state index >= 15 is 0 Å². The number of hydrogen-bond donors (Lipinski definition) is 1. The Morgan fingerprint density at radius 1 is 1.44 bits per heavy atom. The molecule has 1 aromatic rings.